The number of halogens is 4. The third-order valence-electron chi connectivity index (χ3n) is 14.5. The summed E-state index contributed by atoms with van der Waals surface area (Å²) in [6, 6.07) is 7.34. The number of ether oxygens (including phenoxy) is 1. The molecule has 5 aromatic rings. The first-order valence-corrected chi connectivity index (χ1v) is 23.8. The molecule has 1 aliphatic carbocycles. The largest absolute Gasteiger partial charge is 0.362 e. The highest BCUT2D eigenvalue weighted by Gasteiger charge is 2.35. The van der Waals surface area contributed by atoms with Crippen molar-refractivity contribution in [1.29, 1.82) is 0 Å². The molecule has 5 aliphatic rings. The Bertz CT molecular complexity index is 2730. The molecule has 68 heavy (non-hydrogen) atoms. The first-order valence-electron chi connectivity index (χ1n) is 23.8. The van der Waals surface area contributed by atoms with E-state index in [1.807, 2.05) is 24.3 Å². The molecule has 0 spiro atoms. The molecule has 3 atom stereocenters. The molecule has 0 radical (unpaired) electrons. The van der Waals surface area contributed by atoms with Crippen LogP contribution in [0.2, 0.25) is 0 Å². The van der Waals surface area contributed by atoms with Crippen molar-refractivity contribution in [2.75, 3.05) is 69.2 Å². The molecule has 1 saturated carbocycles. The van der Waals surface area contributed by atoms with E-state index < -0.39 is 42.4 Å². The molecule has 16 nitrogen and oxygen atoms in total. The zero-order valence-electron chi connectivity index (χ0n) is 38.0. The number of nitrogens with zero attached hydrogens (tertiary/aromatic N) is 10. The van der Waals surface area contributed by atoms with Gasteiger partial charge in [0.05, 0.1) is 46.7 Å². The number of hydrogen-bond acceptors (Lipinski definition) is 11. The van der Waals surface area contributed by atoms with Gasteiger partial charge < -0.3 is 15.0 Å². The molecule has 10 rings (SSSR count). The van der Waals surface area contributed by atoms with Crippen LogP contribution in [-0.4, -0.2) is 139 Å². The quantitative estimate of drug-likeness (QED) is 0.0911. The van der Waals surface area contributed by atoms with Crippen LogP contribution in [0.1, 0.15) is 103 Å². The monoisotopic (exact) mass is 940 g/mol. The summed E-state index contributed by atoms with van der Waals surface area (Å²) in [5.41, 5.74) is 2.03. The SMILES string of the molecule is Cn1nc(C2CCC(=O)NC2=O)c2cccc(C#CCO[C@@H]3CCN(CC4CCC(n5cc(NC(=O)c6cnn7ccc(N8CCC(CN9CC(F)C9)CC8)nc67)c(C(F)F)n5)CC4)C[C@@H]3F)c21. The Kier molecular flexibility index (Phi) is 13.2. The molecule has 360 valence electrons. The summed E-state index contributed by atoms with van der Waals surface area (Å²) in [6.07, 6.45) is 5.40. The minimum atomic E-state index is -2.91. The molecule has 0 bridgehead atoms. The van der Waals surface area contributed by atoms with Gasteiger partial charge in [0.25, 0.3) is 12.3 Å². The molecular formula is C48H56F4N12O4. The van der Waals surface area contributed by atoms with Crippen LogP contribution >= 0.6 is 0 Å². The lowest BCUT2D eigenvalue weighted by Gasteiger charge is -2.40. The molecule has 8 heterocycles. The summed E-state index contributed by atoms with van der Waals surface area (Å²) in [7, 11) is 1.79. The lowest BCUT2D eigenvalue weighted by atomic mass is 9.85. The van der Waals surface area contributed by atoms with Crippen LogP contribution in [0, 0.1) is 23.7 Å². The van der Waals surface area contributed by atoms with Crippen molar-refractivity contribution in [3.63, 3.8) is 0 Å². The zero-order valence-corrected chi connectivity index (χ0v) is 38.0. The van der Waals surface area contributed by atoms with Crippen LogP contribution in [0.15, 0.2) is 42.9 Å². The molecule has 20 heteroatoms. The number of benzene rings is 1. The topological polar surface area (TPSA) is 160 Å². The molecule has 4 saturated heterocycles. The van der Waals surface area contributed by atoms with Crippen molar-refractivity contribution in [3.8, 4) is 11.8 Å². The van der Waals surface area contributed by atoms with E-state index in [2.05, 4.69) is 52.5 Å². The fourth-order valence-electron chi connectivity index (χ4n) is 10.8. The Morgan fingerprint density at radius 3 is 2.47 bits per heavy atom. The zero-order chi connectivity index (χ0) is 47.1. The predicted molar refractivity (Wildman–Crippen MR) is 244 cm³/mol. The number of aromatic nitrogens is 7. The smallest absolute Gasteiger partial charge is 0.284 e. The minimum Gasteiger partial charge on any atom is -0.362 e. The number of aryl methyl sites for hydroxylation is 1. The van der Waals surface area contributed by atoms with E-state index in [0.717, 1.165) is 62.8 Å². The Morgan fingerprint density at radius 2 is 1.72 bits per heavy atom. The first kappa shape index (κ1) is 45.9. The summed E-state index contributed by atoms with van der Waals surface area (Å²) >= 11 is 0. The van der Waals surface area contributed by atoms with Crippen molar-refractivity contribution < 1.29 is 36.7 Å². The molecule has 4 aromatic heterocycles. The predicted octanol–water partition coefficient (Wildman–Crippen LogP) is 5.60. The third kappa shape index (κ3) is 9.70. The van der Waals surface area contributed by atoms with E-state index in [1.54, 1.807) is 22.6 Å². The molecule has 1 aromatic carbocycles. The van der Waals surface area contributed by atoms with Crippen molar-refractivity contribution in [2.24, 2.45) is 18.9 Å². The third-order valence-corrected chi connectivity index (χ3v) is 14.5. The lowest BCUT2D eigenvalue weighted by molar-refractivity contribution is -0.134. The van der Waals surface area contributed by atoms with Gasteiger partial charge in [0.15, 0.2) is 11.3 Å². The number of anilines is 2. The fourth-order valence-corrected chi connectivity index (χ4v) is 10.8. The molecule has 3 amide bonds. The van der Waals surface area contributed by atoms with Crippen molar-refractivity contribution in [1.82, 2.24) is 49.3 Å². The van der Waals surface area contributed by atoms with Crippen LogP contribution in [0.4, 0.5) is 29.1 Å². The number of likely N-dealkylation sites (tertiary alicyclic amines) is 2. The molecule has 1 unspecified atom stereocenters. The van der Waals surface area contributed by atoms with Crippen LogP contribution in [0.3, 0.4) is 0 Å². The van der Waals surface area contributed by atoms with Crippen LogP contribution in [-0.2, 0) is 21.4 Å². The molecule has 4 aliphatic heterocycles. The summed E-state index contributed by atoms with van der Waals surface area (Å²) in [4.78, 5) is 49.2. The van der Waals surface area contributed by atoms with E-state index in [0.29, 0.717) is 79.9 Å². The average Bonchev–Trinajstić information content (AvgIpc) is 4.04. The number of fused-ring (bicyclic) bond motifs is 2. The minimum absolute atomic E-state index is 0.0533. The Hall–Kier alpha value is -5.91. The van der Waals surface area contributed by atoms with E-state index in [-0.39, 0.29) is 48.7 Å². The van der Waals surface area contributed by atoms with Gasteiger partial charge >= 0.3 is 0 Å². The number of rotatable bonds is 12. The fraction of sp³-hybridized carbons (Fsp3) is 0.562. The van der Waals surface area contributed by atoms with Gasteiger partial charge in [-0.25, -0.2) is 27.1 Å². The number of carbonyl (C=O) groups excluding carboxylic acids is 3. The van der Waals surface area contributed by atoms with Crippen LogP contribution in [0.5, 0.6) is 0 Å². The van der Waals surface area contributed by atoms with Crippen molar-refractivity contribution in [3.05, 3.63) is 65.4 Å². The van der Waals surface area contributed by atoms with Crippen LogP contribution in [0.25, 0.3) is 16.6 Å². The summed E-state index contributed by atoms with van der Waals surface area (Å²) in [6.45, 7) is 5.22. The van der Waals surface area contributed by atoms with Crippen molar-refractivity contribution in [2.45, 2.75) is 94.6 Å². The van der Waals surface area contributed by atoms with Gasteiger partial charge in [-0.3, -0.25) is 38.9 Å². The lowest BCUT2D eigenvalue weighted by Crippen LogP contribution is -2.51. The second-order valence-electron chi connectivity index (χ2n) is 19.1. The van der Waals surface area contributed by atoms with E-state index in [9.17, 15) is 27.6 Å². The Labute approximate surface area is 390 Å². The highest BCUT2D eigenvalue weighted by molar-refractivity contribution is 6.08. The Morgan fingerprint density at radius 1 is 0.941 bits per heavy atom. The molecule has 2 N–H and O–H groups in total. The number of imide groups is 1. The highest BCUT2D eigenvalue weighted by Crippen LogP contribution is 2.37. The number of nitrogens with one attached hydrogen (secondary N) is 2. The maximum Gasteiger partial charge on any atom is 0.284 e. The normalized spacial score (nSPS) is 24.6. The number of piperidine rings is 3. The van der Waals surface area contributed by atoms with Gasteiger partial charge in [-0.2, -0.15) is 15.3 Å². The second kappa shape index (κ2) is 19.6. The summed E-state index contributed by atoms with van der Waals surface area (Å²) in [5.74, 6) is 5.94. The average molecular weight is 941 g/mol. The number of carbonyl (C=O) groups is 3. The van der Waals surface area contributed by atoms with Gasteiger partial charge in [0, 0.05) is 83.6 Å². The van der Waals surface area contributed by atoms with Gasteiger partial charge in [0.2, 0.25) is 11.8 Å². The van der Waals surface area contributed by atoms with E-state index in [4.69, 9.17) is 9.72 Å². The van der Waals surface area contributed by atoms with Crippen LogP contribution < -0.4 is 15.5 Å². The second-order valence-corrected chi connectivity index (χ2v) is 19.1. The van der Waals surface area contributed by atoms with Gasteiger partial charge in [-0.05, 0) is 75.3 Å². The van der Waals surface area contributed by atoms with Gasteiger partial charge in [-0.15, -0.1) is 0 Å². The van der Waals surface area contributed by atoms with E-state index >= 15 is 4.39 Å². The number of hydrogen-bond donors (Lipinski definition) is 2. The van der Waals surface area contributed by atoms with Crippen molar-refractivity contribution >= 4 is 45.8 Å². The number of amides is 3. The number of alkyl halides is 4. The summed E-state index contributed by atoms with van der Waals surface area (Å²) < 4.78 is 68.2. The highest BCUT2D eigenvalue weighted by atomic mass is 19.3. The maximum atomic E-state index is 15.5. The Balaban J connectivity index is 0.692. The summed E-state index contributed by atoms with van der Waals surface area (Å²) in [5, 5.41) is 19.1. The molecular weight excluding hydrogens is 885 g/mol. The van der Waals surface area contributed by atoms with Gasteiger partial charge in [-0.1, -0.05) is 24.0 Å². The van der Waals surface area contributed by atoms with E-state index in [1.165, 1.54) is 16.9 Å². The maximum absolute atomic E-state index is 15.5. The standard InChI is InChI=1S/C48H56F4N12O4/c1-59-44-31(4-2-6-34(44)42(57-59)35-11-12-41(65)56-47(35)66)5-3-21-68-39-15-17-60(27-37(39)50)23-29-7-9-33(10-8-29)64-28-38(43(58-64)45(51)52)54-48(67)36-22-53-63-20-16-40(55-46(36)63)62-18-13-30(14-19-62)24-61-25-32(49)26-61/h2,4,6,16,20,22,28-30,32-33,35,37,39,45H,7-15,17-19,21,23-27H2,1H3,(H,54,67)(H,56,65,66)/t29?,33?,35?,37-,39+/m0/s1. The number of para-hydroxylation sites is 1. The van der Waals surface area contributed by atoms with Gasteiger partial charge in [0.1, 0.15) is 30.3 Å². The molecule has 5 fully saturated rings. The first-order chi connectivity index (χ1) is 32.9.